The molecule has 0 spiro atoms. The zero-order chi connectivity index (χ0) is 8.10. The molecule has 1 aliphatic rings. The van der Waals surface area contributed by atoms with Gasteiger partial charge in [0, 0.05) is 0 Å². The molecule has 0 nitrogen and oxygen atoms in total. The molecule has 0 heteroatoms. The van der Waals surface area contributed by atoms with Gasteiger partial charge in [-0.05, 0) is 11.8 Å². The molecule has 11 heavy (non-hydrogen) atoms. The van der Waals surface area contributed by atoms with Gasteiger partial charge in [0.1, 0.15) is 0 Å². The third-order valence-electron chi connectivity index (χ3n) is 3.22. The summed E-state index contributed by atoms with van der Waals surface area (Å²) in [6.45, 7) is 4.74. The molecular formula is C11H22. The maximum atomic E-state index is 2.44. The van der Waals surface area contributed by atoms with Gasteiger partial charge in [0.25, 0.3) is 0 Å². The van der Waals surface area contributed by atoms with Crippen LogP contribution < -0.4 is 0 Å². The highest BCUT2D eigenvalue weighted by Crippen LogP contribution is 2.32. The van der Waals surface area contributed by atoms with E-state index < -0.39 is 0 Å². The van der Waals surface area contributed by atoms with E-state index in [1.54, 1.807) is 0 Å². The number of hydrogen-bond donors (Lipinski definition) is 0. The van der Waals surface area contributed by atoms with Crippen LogP contribution in [-0.2, 0) is 0 Å². The molecule has 66 valence electrons. The van der Waals surface area contributed by atoms with Gasteiger partial charge in [-0.2, -0.15) is 0 Å². The fourth-order valence-electron chi connectivity index (χ4n) is 2.29. The van der Waals surface area contributed by atoms with Crippen LogP contribution >= 0.6 is 0 Å². The van der Waals surface area contributed by atoms with Crippen LogP contribution in [0, 0.1) is 11.8 Å². The van der Waals surface area contributed by atoms with Gasteiger partial charge in [-0.1, -0.05) is 58.8 Å². The lowest BCUT2D eigenvalue weighted by molar-refractivity contribution is 0.237. The van der Waals surface area contributed by atoms with Gasteiger partial charge in [-0.3, -0.25) is 0 Å². The van der Waals surface area contributed by atoms with Gasteiger partial charge in [0.05, 0.1) is 0 Å². The summed E-state index contributed by atoms with van der Waals surface area (Å²) in [6, 6.07) is 0. The largest absolute Gasteiger partial charge is 0.0654 e. The molecule has 0 saturated heterocycles. The van der Waals surface area contributed by atoms with Crippen molar-refractivity contribution in [2.45, 2.75) is 58.8 Å². The van der Waals surface area contributed by atoms with E-state index in [4.69, 9.17) is 0 Å². The Morgan fingerprint density at radius 1 is 1.18 bits per heavy atom. The lowest BCUT2D eigenvalue weighted by atomic mass is 9.78. The highest BCUT2D eigenvalue weighted by atomic mass is 14.3. The Morgan fingerprint density at radius 2 is 1.91 bits per heavy atom. The topological polar surface area (TPSA) is 0 Å². The van der Waals surface area contributed by atoms with Crippen LogP contribution in [0.4, 0.5) is 0 Å². The molecule has 0 heterocycles. The van der Waals surface area contributed by atoms with E-state index in [0.717, 1.165) is 11.8 Å². The molecule has 0 radical (unpaired) electrons. The lowest BCUT2D eigenvalue weighted by Gasteiger charge is -2.28. The molecule has 1 saturated carbocycles. The zero-order valence-corrected chi connectivity index (χ0v) is 8.10. The molecule has 0 aliphatic heterocycles. The van der Waals surface area contributed by atoms with Crippen molar-refractivity contribution in [1.29, 1.82) is 0 Å². The molecular weight excluding hydrogens is 132 g/mol. The van der Waals surface area contributed by atoms with Gasteiger partial charge in [0.2, 0.25) is 0 Å². The third kappa shape index (κ3) is 2.84. The Labute approximate surface area is 71.4 Å². The fourth-order valence-corrected chi connectivity index (χ4v) is 2.29. The summed E-state index contributed by atoms with van der Waals surface area (Å²) in [5.41, 5.74) is 0. The first-order valence-electron chi connectivity index (χ1n) is 5.34. The minimum atomic E-state index is 1.02. The van der Waals surface area contributed by atoms with Gasteiger partial charge in [0.15, 0.2) is 0 Å². The van der Waals surface area contributed by atoms with E-state index in [-0.39, 0.29) is 0 Å². The van der Waals surface area contributed by atoms with Crippen molar-refractivity contribution < 1.29 is 0 Å². The summed E-state index contributed by atoms with van der Waals surface area (Å²) in [7, 11) is 0. The molecule has 0 amide bonds. The summed E-state index contributed by atoms with van der Waals surface area (Å²) in [4.78, 5) is 0. The van der Waals surface area contributed by atoms with Crippen molar-refractivity contribution in [2.24, 2.45) is 11.8 Å². The maximum Gasteiger partial charge on any atom is -0.0388 e. The lowest BCUT2D eigenvalue weighted by Crippen LogP contribution is -2.16. The van der Waals surface area contributed by atoms with E-state index in [1.807, 2.05) is 0 Å². The molecule has 1 fully saturated rings. The van der Waals surface area contributed by atoms with Crippen molar-refractivity contribution in [3.8, 4) is 0 Å². The minimum absolute atomic E-state index is 1.02. The van der Waals surface area contributed by atoms with Crippen molar-refractivity contribution in [3.05, 3.63) is 0 Å². The highest BCUT2D eigenvalue weighted by molar-refractivity contribution is 4.71. The second-order valence-corrected chi connectivity index (χ2v) is 4.16. The number of rotatable bonds is 3. The van der Waals surface area contributed by atoms with E-state index in [9.17, 15) is 0 Å². The number of unbranched alkanes of at least 4 members (excludes halogenated alkanes) is 1. The van der Waals surface area contributed by atoms with Crippen LogP contribution in [0.1, 0.15) is 58.8 Å². The van der Waals surface area contributed by atoms with E-state index in [2.05, 4.69) is 13.8 Å². The predicted octanol–water partition coefficient (Wildman–Crippen LogP) is 4.00. The second kappa shape index (κ2) is 4.79. The molecule has 0 N–H and O–H groups in total. The highest BCUT2D eigenvalue weighted by Gasteiger charge is 2.19. The molecule has 1 rings (SSSR count). The van der Waals surface area contributed by atoms with Crippen LogP contribution in [0.2, 0.25) is 0 Å². The Morgan fingerprint density at radius 3 is 2.55 bits per heavy atom. The summed E-state index contributed by atoms with van der Waals surface area (Å²) >= 11 is 0. The summed E-state index contributed by atoms with van der Waals surface area (Å²) in [5.74, 6) is 2.10. The van der Waals surface area contributed by atoms with E-state index in [0.29, 0.717) is 0 Å². The molecule has 0 aromatic rings. The predicted molar refractivity (Wildman–Crippen MR) is 50.6 cm³/mol. The van der Waals surface area contributed by atoms with Crippen LogP contribution in [-0.4, -0.2) is 0 Å². The van der Waals surface area contributed by atoms with Gasteiger partial charge in [-0.15, -0.1) is 0 Å². The normalized spacial score (nSPS) is 32.2. The Bertz CT molecular complexity index is 96.2. The maximum absolute atomic E-state index is 2.44. The number of hydrogen-bond acceptors (Lipinski definition) is 0. The summed E-state index contributed by atoms with van der Waals surface area (Å²) < 4.78 is 0. The van der Waals surface area contributed by atoms with Crippen molar-refractivity contribution in [1.82, 2.24) is 0 Å². The molecule has 1 aliphatic carbocycles. The monoisotopic (exact) mass is 154 g/mol. The zero-order valence-electron chi connectivity index (χ0n) is 8.10. The smallest absolute Gasteiger partial charge is 0.0388 e. The molecule has 0 aromatic heterocycles. The van der Waals surface area contributed by atoms with Gasteiger partial charge in [-0.25, -0.2) is 0 Å². The van der Waals surface area contributed by atoms with Crippen molar-refractivity contribution in [2.75, 3.05) is 0 Å². The standard InChI is InChI=1S/C11H22/c1-3-4-8-11-9-6-5-7-10(11)2/h10-11H,3-9H2,1-2H3/t10-,11?/m1/s1. The van der Waals surface area contributed by atoms with E-state index in [1.165, 1.54) is 44.9 Å². The molecule has 2 atom stereocenters. The first-order chi connectivity index (χ1) is 5.34. The van der Waals surface area contributed by atoms with Crippen molar-refractivity contribution in [3.63, 3.8) is 0 Å². The van der Waals surface area contributed by atoms with Crippen molar-refractivity contribution >= 4 is 0 Å². The van der Waals surface area contributed by atoms with E-state index >= 15 is 0 Å². The Balaban J connectivity index is 2.18. The summed E-state index contributed by atoms with van der Waals surface area (Å²) in [5, 5.41) is 0. The minimum Gasteiger partial charge on any atom is -0.0654 e. The Kier molecular flexibility index (Phi) is 3.96. The van der Waals surface area contributed by atoms with Crippen LogP contribution in [0.15, 0.2) is 0 Å². The van der Waals surface area contributed by atoms with Crippen LogP contribution in [0.5, 0.6) is 0 Å². The average Bonchev–Trinajstić information content (AvgIpc) is 2.03. The Hall–Kier alpha value is 0. The fraction of sp³-hybridized carbons (Fsp3) is 1.00. The first kappa shape index (κ1) is 9.09. The molecule has 0 aromatic carbocycles. The van der Waals surface area contributed by atoms with Crippen LogP contribution in [0.3, 0.4) is 0 Å². The van der Waals surface area contributed by atoms with Crippen LogP contribution in [0.25, 0.3) is 0 Å². The average molecular weight is 154 g/mol. The SMILES string of the molecule is CCCCC1CCCC[C@H]1C. The second-order valence-electron chi connectivity index (χ2n) is 4.16. The van der Waals surface area contributed by atoms with Gasteiger partial charge < -0.3 is 0 Å². The quantitative estimate of drug-likeness (QED) is 0.576. The first-order valence-corrected chi connectivity index (χ1v) is 5.34. The summed E-state index contributed by atoms with van der Waals surface area (Å²) in [6.07, 6.45) is 10.3. The third-order valence-corrected chi connectivity index (χ3v) is 3.22. The molecule has 1 unspecified atom stereocenters. The van der Waals surface area contributed by atoms with Gasteiger partial charge >= 0.3 is 0 Å². The molecule has 0 bridgehead atoms.